The maximum absolute atomic E-state index is 14.1. The monoisotopic (exact) mass is 575 g/mol. The predicted octanol–water partition coefficient (Wildman–Crippen LogP) is 8.27. The first kappa shape index (κ1) is 28.8. The van der Waals surface area contributed by atoms with Gasteiger partial charge in [0.15, 0.2) is 17.3 Å². The molecule has 0 fully saturated rings. The average molecular weight is 576 g/mol. The quantitative estimate of drug-likeness (QED) is 0.251. The highest BCUT2D eigenvalue weighted by Gasteiger charge is 2.45. The molecule has 0 saturated heterocycles. The molecular formula is C37H41N3O3. The van der Waals surface area contributed by atoms with Crippen LogP contribution in [0.3, 0.4) is 0 Å². The number of ether oxygens (including phenoxy) is 2. The maximum atomic E-state index is 14.1. The summed E-state index contributed by atoms with van der Waals surface area (Å²) < 4.78 is 14.1. The molecule has 2 heterocycles. The number of methoxy groups -OCH3 is 1. The predicted molar refractivity (Wildman–Crippen MR) is 171 cm³/mol. The van der Waals surface area contributed by atoms with Crippen molar-refractivity contribution in [2.24, 2.45) is 5.41 Å². The fraction of sp³-hybridized carbons (Fsp3) is 0.351. The van der Waals surface area contributed by atoms with Crippen LogP contribution in [0.25, 0.3) is 5.69 Å². The summed E-state index contributed by atoms with van der Waals surface area (Å²) in [6.45, 7) is 13.4. The zero-order valence-electron chi connectivity index (χ0n) is 26.2. The Bertz CT molecular complexity index is 1720. The summed E-state index contributed by atoms with van der Waals surface area (Å²) in [5, 5.41) is 9.04. The van der Waals surface area contributed by atoms with E-state index in [-0.39, 0.29) is 22.5 Å². The Morgan fingerprint density at radius 3 is 2.40 bits per heavy atom. The topological polar surface area (TPSA) is 65.4 Å². The third-order valence-electron chi connectivity index (χ3n) is 8.50. The molecule has 1 unspecified atom stereocenters. The highest BCUT2D eigenvalue weighted by Crippen LogP contribution is 2.52. The normalized spacial score (nSPS) is 17.7. The van der Waals surface area contributed by atoms with E-state index in [0.29, 0.717) is 24.5 Å². The molecule has 2 aliphatic rings. The van der Waals surface area contributed by atoms with Crippen molar-refractivity contribution < 1.29 is 14.3 Å². The summed E-state index contributed by atoms with van der Waals surface area (Å²) in [5.74, 6) is 2.12. The van der Waals surface area contributed by atoms with Gasteiger partial charge < -0.3 is 14.8 Å². The number of allylic oxidation sites excluding steroid dienone is 2. The van der Waals surface area contributed by atoms with Gasteiger partial charge in [0.25, 0.3) is 0 Å². The SMILES string of the molecule is COc1ccc(C2C3=C(CC(C)(C)CC3=O)Nc3c2c(C(C)(C)C)nn3-c2ccccc2C)cc1OCc1ccccc1. The van der Waals surface area contributed by atoms with E-state index in [2.05, 4.69) is 71.1 Å². The van der Waals surface area contributed by atoms with E-state index < -0.39 is 0 Å². The number of fused-ring (bicyclic) bond motifs is 1. The summed E-state index contributed by atoms with van der Waals surface area (Å²) in [7, 11) is 1.66. The first-order valence-electron chi connectivity index (χ1n) is 15.0. The van der Waals surface area contributed by atoms with Crippen molar-refractivity contribution in [1.82, 2.24) is 9.78 Å². The first-order valence-corrected chi connectivity index (χ1v) is 15.0. The summed E-state index contributed by atoms with van der Waals surface area (Å²) in [6, 6.07) is 24.5. The average Bonchev–Trinajstić information content (AvgIpc) is 3.34. The molecule has 1 aliphatic carbocycles. The van der Waals surface area contributed by atoms with E-state index >= 15 is 0 Å². The fourth-order valence-corrected chi connectivity index (χ4v) is 6.48. The number of rotatable bonds is 6. The first-order chi connectivity index (χ1) is 20.5. The Balaban J connectivity index is 1.57. The number of nitrogens with zero attached hydrogens (tertiary/aromatic N) is 2. The number of anilines is 1. The third kappa shape index (κ3) is 5.35. The van der Waals surface area contributed by atoms with Crippen LogP contribution in [0.2, 0.25) is 0 Å². The van der Waals surface area contributed by atoms with E-state index in [0.717, 1.165) is 57.1 Å². The van der Waals surface area contributed by atoms with E-state index in [9.17, 15) is 4.79 Å². The Labute approximate surface area is 254 Å². The van der Waals surface area contributed by atoms with Crippen LogP contribution in [0.15, 0.2) is 84.1 Å². The van der Waals surface area contributed by atoms with Crippen LogP contribution in [-0.2, 0) is 16.8 Å². The van der Waals surface area contributed by atoms with Crippen molar-refractivity contribution in [3.8, 4) is 17.2 Å². The van der Waals surface area contributed by atoms with Gasteiger partial charge in [-0.3, -0.25) is 4.79 Å². The van der Waals surface area contributed by atoms with Crippen LogP contribution in [0, 0.1) is 12.3 Å². The minimum absolute atomic E-state index is 0.144. The van der Waals surface area contributed by atoms with Gasteiger partial charge in [-0.2, -0.15) is 5.10 Å². The van der Waals surface area contributed by atoms with Crippen molar-refractivity contribution in [1.29, 1.82) is 0 Å². The molecule has 43 heavy (non-hydrogen) atoms. The Morgan fingerprint density at radius 2 is 1.70 bits per heavy atom. The van der Waals surface area contributed by atoms with Gasteiger partial charge in [0.05, 0.1) is 18.5 Å². The lowest BCUT2D eigenvalue weighted by atomic mass is 9.68. The lowest BCUT2D eigenvalue weighted by Gasteiger charge is -2.39. The molecule has 6 heteroatoms. The molecule has 222 valence electrons. The highest BCUT2D eigenvalue weighted by atomic mass is 16.5. The van der Waals surface area contributed by atoms with Crippen LogP contribution >= 0.6 is 0 Å². The van der Waals surface area contributed by atoms with Crippen LogP contribution in [0.5, 0.6) is 11.5 Å². The van der Waals surface area contributed by atoms with Crippen LogP contribution in [0.4, 0.5) is 5.82 Å². The van der Waals surface area contributed by atoms with Gasteiger partial charge in [0, 0.05) is 34.6 Å². The van der Waals surface area contributed by atoms with Crippen molar-refractivity contribution in [3.63, 3.8) is 0 Å². The molecule has 1 atom stereocenters. The van der Waals surface area contributed by atoms with E-state index in [1.165, 1.54) is 0 Å². The number of hydrogen-bond donors (Lipinski definition) is 1. The number of Topliss-reactive ketones (excluding diaryl/α,β-unsaturated/α-hetero) is 1. The molecule has 0 saturated carbocycles. The molecule has 0 radical (unpaired) electrons. The molecule has 1 N–H and O–H groups in total. The summed E-state index contributed by atoms with van der Waals surface area (Å²) in [5.41, 5.74) is 7.63. The van der Waals surface area contributed by atoms with Gasteiger partial charge >= 0.3 is 0 Å². The molecule has 4 aromatic rings. The van der Waals surface area contributed by atoms with E-state index in [1.807, 2.05) is 53.2 Å². The summed E-state index contributed by atoms with van der Waals surface area (Å²) in [4.78, 5) is 14.1. The molecule has 0 amide bonds. The molecule has 6 nitrogen and oxygen atoms in total. The van der Waals surface area contributed by atoms with E-state index in [4.69, 9.17) is 14.6 Å². The Kier molecular flexibility index (Phi) is 7.19. The largest absolute Gasteiger partial charge is 0.493 e. The number of carbonyl (C=O) groups excluding carboxylic acids is 1. The second-order valence-electron chi connectivity index (χ2n) is 13.6. The van der Waals surface area contributed by atoms with Crippen LogP contribution in [-0.4, -0.2) is 22.7 Å². The molecule has 1 aliphatic heterocycles. The zero-order chi connectivity index (χ0) is 30.5. The minimum Gasteiger partial charge on any atom is -0.493 e. The fourth-order valence-electron chi connectivity index (χ4n) is 6.48. The standard InChI is InChI=1S/C37H41N3O3/c1-23-13-11-12-16-27(23)40-35-33(34(39-40)36(2,3)4)31(32-26(38-35)20-37(5,6)21-28(32)41)25-17-18-29(42-7)30(19-25)43-22-24-14-9-8-10-15-24/h8-19,31,38H,20-22H2,1-7H3. The maximum Gasteiger partial charge on any atom is 0.162 e. The number of ketones is 1. The smallest absolute Gasteiger partial charge is 0.162 e. The molecule has 1 aromatic heterocycles. The number of para-hydroxylation sites is 1. The van der Waals surface area contributed by atoms with Crippen molar-refractivity contribution in [2.45, 2.75) is 72.3 Å². The third-order valence-corrected chi connectivity index (χ3v) is 8.50. The van der Waals surface area contributed by atoms with Gasteiger partial charge in [-0.1, -0.05) is 89.2 Å². The van der Waals surface area contributed by atoms with Crippen LogP contribution < -0.4 is 14.8 Å². The lowest BCUT2D eigenvalue weighted by molar-refractivity contribution is -0.118. The van der Waals surface area contributed by atoms with Crippen molar-refractivity contribution >= 4 is 11.6 Å². The van der Waals surface area contributed by atoms with Gasteiger partial charge in [-0.25, -0.2) is 4.68 Å². The van der Waals surface area contributed by atoms with Gasteiger partial charge in [0.1, 0.15) is 12.4 Å². The Morgan fingerprint density at radius 1 is 0.977 bits per heavy atom. The second kappa shape index (κ2) is 10.7. The minimum atomic E-state index is -0.299. The van der Waals surface area contributed by atoms with Crippen molar-refractivity contribution in [3.05, 3.63) is 112 Å². The number of nitrogens with one attached hydrogen (secondary N) is 1. The highest BCUT2D eigenvalue weighted by molar-refractivity contribution is 6.01. The number of aromatic nitrogens is 2. The van der Waals surface area contributed by atoms with Gasteiger partial charge in [-0.05, 0) is 53.6 Å². The lowest BCUT2D eigenvalue weighted by Crippen LogP contribution is -2.34. The van der Waals surface area contributed by atoms with Gasteiger partial charge in [0.2, 0.25) is 0 Å². The van der Waals surface area contributed by atoms with E-state index in [1.54, 1.807) is 7.11 Å². The summed E-state index contributed by atoms with van der Waals surface area (Å²) in [6.07, 6.45) is 1.28. The molecule has 3 aromatic carbocycles. The number of benzene rings is 3. The number of aryl methyl sites for hydroxylation is 1. The Hall–Kier alpha value is -4.32. The number of hydrogen-bond acceptors (Lipinski definition) is 5. The molecular weight excluding hydrogens is 534 g/mol. The second-order valence-corrected chi connectivity index (χ2v) is 13.6. The number of carbonyl (C=O) groups is 1. The molecule has 0 bridgehead atoms. The summed E-state index contributed by atoms with van der Waals surface area (Å²) >= 11 is 0. The molecule has 0 spiro atoms. The molecule has 6 rings (SSSR count). The van der Waals surface area contributed by atoms with Crippen LogP contribution in [0.1, 0.15) is 81.3 Å². The zero-order valence-corrected chi connectivity index (χ0v) is 26.2. The van der Waals surface area contributed by atoms with Crippen molar-refractivity contribution in [2.75, 3.05) is 12.4 Å². The van der Waals surface area contributed by atoms with Gasteiger partial charge in [-0.15, -0.1) is 0 Å².